The van der Waals surface area contributed by atoms with Gasteiger partial charge in [-0.2, -0.15) is 8.42 Å². The van der Waals surface area contributed by atoms with E-state index in [9.17, 15) is 17.1 Å². The summed E-state index contributed by atoms with van der Waals surface area (Å²) in [6.07, 6.45) is 8.19. The van der Waals surface area contributed by atoms with Crippen LogP contribution in [0.4, 0.5) is 3.89 Å². The molecule has 0 aliphatic carbocycles. The van der Waals surface area contributed by atoms with Gasteiger partial charge in [0, 0.05) is 39.7 Å². The van der Waals surface area contributed by atoms with Gasteiger partial charge >= 0.3 is 10.5 Å². The zero-order chi connectivity index (χ0) is 25.1. The van der Waals surface area contributed by atoms with Crippen molar-refractivity contribution in [2.45, 2.75) is 26.8 Å². The lowest BCUT2D eigenvalue weighted by Crippen LogP contribution is -2.13. The highest BCUT2D eigenvalue weighted by atomic mass is 32.3. The van der Waals surface area contributed by atoms with Gasteiger partial charge in [-0.15, -0.1) is 6.42 Å². The molecule has 0 aliphatic heterocycles. The fraction of sp³-hybridized carbons (Fsp3) is 0.154. The lowest BCUT2D eigenvalue weighted by molar-refractivity contribution is 0.439. The van der Waals surface area contributed by atoms with Crippen molar-refractivity contribution in [3.63, 3.8) is 0 Å². The van der Waals surface area contributed by atoms with Crippen LogP contribution in [0.1, 0.15) is 31.0 Å². The molecule has 3 aromatic heterocycles. The lowest BCUT2D eigenvalue weighted by atomic mass is 9.98. The summed E-state index contributed by atoms with van der Waals surface area (Å²) in [5.41, 5.74) is 4.72. The number of nitrogens with zero attached hydrogens (tertiary/aromatic N) is 2. The zero-order valence-electron chi connectivity index (χ0n) is 19.1. The number of hydrogen-bond acceptors (Lipinski definition) is 5. The van der Waals surface area contributed by atoms with E-state index in [0.29, 0.717) is 38.6 Å². The summed E-state index contributed by atoms with van der Waals surface area (Å²) in [6.45, 7) is 5.87. The minimum absolute atomic E-state index is 0.0132. The Kier molecular flexibility index (Phi) is 5.15. The van der Waals surface area contributed by atoms with Gasteiger partial charge in [0.2, 0.25) is 0 Å². The molecule has 0 bridgehead atoms. The Morgan fingerprint density at radius 3 is 2.60 bits per heavy atom. The third-order valence-corrected chi connectivity index (χ3v) is 6.39. The number of aromatic nitrogens is 3. The first-order chi connectivity index (χ1) is 16.6. The highest BCUT2D eigenvalue weighted by molar-refractivity contribution is 7.81. The number of terminal acetylenes is 1. The summed E-state index contributed by atoms with van der Waals surface area (Å²) in [5.74, 6) is 2.37. The van der Waals surface area contributed by atoms with Crippen molar-refractivity contribution in [2.75, 3.05) is 0 Å². The summed E-state index contributed by atoms with van der Waals surface area (Å²) in [6, 6.07) is 10.6. The maximum Gasteiger partial charge on any atom is 0.488 e. The number of halogens is 1. The molecule has 1 N–H and O–H groups in total. The third kappa shape index (κ3) is 3.82. The quantitative estimate of drug-likeness (QED) is 0.278. The van der Waals surface area contributed by atoms with Gasteiger partial charge in [-0.05, 0) is 62.2 Å². The minimum Gasteiger partial charge on any atom is -0.357 e. The number of aromatic amines is 1. The first-order valence-corrected chi connectivity index (χ1v) is 12.1. The third-order valence-electron chi connectivity index (χ3n) is 6.00. The number of aryl methyl sites for hydroxylation is 1. The molecule has 7 nitrogen and oxygen atoms in total. The monoisotopic (exact) mass is 489 g/mol. The van der Waals surface area contributed by atoms with Crippen molar-refractivity contribution in [1.82, 2.24) is 14.5 Å². The van der Waals surface area contributed by atoms with Gasteiger partial charge < -0.3 is 13.7 Å². The maximum absolute atomic E-state index is 13.7. The van der Waals surface area contributed by atoms with Crippen molar-refractivity contribution < 1.29 is 16.5 Å². The molecular weight excluding hydrogens is 469 g/mol. The smallest absolute Gasteiger partial charge is 0.357 e. The van der Waals surface area contributed by atoms with Crippen LogP contribution < -0.4 is 9.61 Å². The number of benzene rings is 2. The number of pyridine rings is 2. The van der Waals surface area contributed by atoms with E-state index in [4.69, 9.17) is 6.42 Å². The average Bonchev–Trinajstić information content (AvgIpc) is 3.16. The maximum atomic E-state index is 13.7. The van der Waals surface area contributed by atoms with Gasteiger partial charge in [0.25, 0.3) is 0 Å². The number of fused-ring (bicyclic) bond motifs is 4. The van der Waals surface area contributed by atoms with Crippen molar-refractivity contribution in [1.29, 1.82) is 0 Å². The van der Waals surface area contributed by atoms with E-state index in [0.717, 1.165) is 22.7 Å². The molecule has 3 heterocycles. The molecule has 0 atom stereocenters. The molecule has 5 aromatic rings. The number of rotatable bonds is 4. The predicted molar refractivity (Wildman–Crippen MR) is 135 cm³/mol. The van der Waals surface area contributed by atoms with Crippen LogP contribution in [-0.2, 0) is 10.5 Å². The van der Waals surface area contributed by atoms with Crippen LogP contribution >= 0.6 is 0 Å². The molecule has 5 rings (SSSR count). The Bertz CT molecular complexity index is 1880. The normalized spacial score (nSPS) is 12.0. The largest absolute Gasteiger partial charge is 0.488 e. The van der Waals surface area contributed by atoms with Crippen LogP contribution in [0.25, 0.3) is 44.0 Å². The van der Waals surface area contributed by atoms with Gasteiger partial charge in [-0.25, -0.2) is 0 Å². The van der Waals surface area contributed by atoms with Crippen LogP contribution in [0.2, 0.25) is 0 Å². The van der Waals surface area contributed by atoms with Crippen molar-refractivity contribution in [2.24, 2.45) is 0 Å². The molecule has 0 amide bonds. The fourth-order valence-electron chi connectivity index (χ4n) is 4.59. The SMILES string of the molecule is C#Cc1ccc2c(c1)[nH]c1c2c(=O)c2cc(C)c(-c3cncc(OS(=O)(=O)F)c3)cc2n1C(C)C. The van der Waals surface area contributed by atoms with Gasteiger partial charge in [-0.3, -0.25) is 9.78 Å². The summed E-state index contributed by atoms with van der Waals surface area (Å²) < 4.78 is 41.3. The Morgan fingerprint density at radius 2 is 1.91 bits per heavy atom. The van der Waals surface area contributed by atoms with E-state index in [2.05, 4.69) is 20.1 Å². The lowest BCUT2D eigenvalue weighted by Gasteiger charge is -2.18. The van der Waals surface area contributed by atoms with E-state index in [1.54, 1.807) is 6.07 Å². The number of H-pyrrole nitrogens is 1. The minimum atomic E-state index is -5.19. The molecule has 0 radical (unpaired) electrons. The Balaban J connectivity index is 1.85. The Hall–Kier alpha value is -4.16. The molecule has 2 aromatic carbocycles. The molecule has 0 unspecified atom stereocenters. The van der Waals surface area contributed by atoms with Gasteiger partial charge in [-0.1, -0.05) is 15.9 Å². The van der Waals surface area contributed by atoms with E-state index >= 15 is 0 Å². The Morgan fingerprint density at radius 1 is 1.14 bits per heavy atom. The zero-order valence-corrected chi connectivity index (χ0v) is 19.9. The highest BCUT2D eigenvalue weighted by Gasteiger charge is 2.20. The first-order valence-electron chi connectivity index (χ1n) is 10.8. The highest BCUT2D eigenvalue weighted by Crippen LogP contribution is 2.34. The van der Waals surface area contributed by atoms with E-state index in [1.165, 1.54) is 12.3 Å². The topological polar surface area (TPSA) is 94.1 Å². The van der Waals surface area contributed by atoms with Crippen LogP contribution in [0.15, 0.2) is 53.6 Å². The van der Waals surface area contributed by atoms with Crippen molar-refractivity contribution in [3.8, 4) is 29.2 Å². The fourth-order valence-corrected chi connectivity index (χ4v) is 4.91. The van der Waals surface area contributed by atoms with Gasteiger partial charge in [0.05, 0.1) is 17.1 Å². The number of nitrogens with one attached hydrogen (secondary N) is 1. The van der Waals surface area contributed by atoms with Gasteiger partial charge in [0.1, 0.15) is 5.65 Å². The molecule has 9 heteroatoms. The van der Waals surface area contributed by atoms with Crippen LogP contribution in [0, 0.1) is 19.3 Å². The summed E-state index contributed by atoms with van der Waals surface area (Å²) >= 11 is 0. The van der Waals surface area contributed by atoms with E-state index in [-0.39, 0.29) is 17.2 Å². The summed E-state index contributed by atoms with van der Waals surface area (Å²) in [5, 5.41) is 1.92. The molecule has 176 valence electrons. The second-order valence-electron chi connectivity index (χ2n) is 8.62. The number of hydrogen-bond donors (Lipinski definition) is 1. The second-order valence-corrected chi connectivity index (χ2v) is 9.57. The molecule has 35 heavy (non-hydrogen) atoms. The molecular formula is C26H20FN3O4S. The Labute approximate surface area is 200 Å². The molecule has 0 fully saturated rings. The van der Waals surface area contributed by atoms with Crippen molar-refractivity contribution >= 4 is 43.3 Å². The molecule has 0 aliphatic rings. The van der Waals surface area contributed by atoms with Crippen LogP contribution in [0.3, 0.4) is 0 Å². The molecule has 0 saturated carbocycles. The summed E-state index contributed by atoms with van der Waals surface area (Å²) in [7, 11) is -5.19. The van der Waals surface area contributed by atoms with Gasteiger partial charge in [0.15, 0.2) is 11.2 Å². The van der Waals surface area contributed by atoms with Crippen molar-refractivity contribution in [3.05, 3.63) is 70.1 Å². The van der Waals surface area contributed by atoms with E-state index < -0.39 is 10.5 Å². The summed E-state index contributed by atoms with van der Waals surface area (Å²) in [4.78, 5) is 21.0. The molecule has 0 spiro atoms. The van der Waals surface area contributed by atoms with Crippen LogP contribution in [0.5, 0.6) is 5.75 Å². The average molecular weight is 490 g/mol. The van der Waals surface area contributed by atoms with E-state index in [1.807, 2.05) is 49.6 Å². The standard InChI is InChI=1S/C26H20FN3O4S/c1-5-16-6-7-19-22(9-16)29-26-24(19)25(31)21-8-15(4)20(11-23(21)30(26)14(2)3)17-10-18(13-28-12-17)34-35(27,32)33/h1,6-14,29H,2-4H3. The molecule has 0 saturated heterocycles. The second kappa shape index (κ2) is 7.96. The first kappa shape index (κ1) is 22.6. The van der Waals surface area contributed by atoms with Crippen LogP contribution in [-0.4, -0.2) is 23.0 Å². The predicted octanol–water partition coefficient (Wildman–Crippen LogP) is 5.16.